The first-order valence-corrected chi connectivity index (χ1v) is 7.17. The third-order valence-corrected chi connectivity index (χ3v) is 3.78. The first-order chi connectivity index (χ1) is 8.61. The van der Waals surface area contributed by atoms with Gasteiger partial charge in [-0.3, -0.25) is 4.79 Å². The summed E-state index contributed by atoms with van der Waals surface area (Å²) in [4.78, 5) is 14.4. The monoisotopic (exact) mass is 285 g/mol. The third-order valence-electron chi connectivity index (χ3n) is 3.39. The van der Waals surface area contributed by atoms with E-state index in [0.29, 0.717) is 29.1 Å². The molecule has 0 N–H and O–H groups in total. The van der Waals surface area contributed by atoms with Crippen LogP contribution in [0.5, 0.6) is 0 Å². The molecule has 2 rings (SSSR count). The second kappa shape index (κ2) is 5.94. The number of halogens is 2. The topological polar surface area (TPSA) is 20.3 Å². The van der Waals surface area contributed by atoms with Crippen molar-refractivity contribution in [2.75, 3.05) is 12.4 Å². The maximum absolute atomic E-state index is 12.5. The molecule has 0 unspecified atom stereocenters. The normalized spacial score (nSPS) is 15.3. The van der Waals surface area contributed by atoms with Crippen molar-refractivity contribution in [3.8, 4) is 0 Å². The van der Waals surface area contributed by atoms with Gasteiger partial charge in [0.05, 0.1) is 0 Å². The standard InChI is InChI=1S/C14H17Cl2NO/c1-10-7-11(9-12(16)8-10)14(18)17(6-5-15)13-3-2-4-13/h7-9,13H,2-6H2,1H3. The van der Waals surface area contributed by atoms with Gasteiger partial charge in [0.15, 0.2) is 0 Å². The predicted molar refractivity (Wildman–Crippen MR) is 75.6 cm³/mol. The van der Waals surface area contributed by atoms with E-state index in [0.717, 1.165) is 18.4 Å². The number of benzene rings is 1. The van der Waals surface area contributed by atoms with Gasteiger partial charge in [-0.05, 0) is 49.9 Å². The molecule has 0 bridgehead atoms. The van der Waals surface area contributed by atoms with E-state index >= 15 is 0 Å². The summed E-state index contributed by atoms with van der Waals surface area (Å²) in [6.45, 7) is 2.55. The summed E-state index contributed by atoms with van der Waals surface area (Å²) in [5.41, 5.74) is 1.67. The summed E-state index contributed by atoms with van der Waals surface area (Å²) in [7, 11) is 0. The van der Waals surface area contributed by atoms with E-state index in [1.165, 1.54) is 6.42 Å². The molecular weight excluding hydrogens is 269 g/mol. The molecular formula is C14H17Cl2NO. The van der Waals surface area contributed by atoms with Gasteiger partial charge in [0.25, 0.3) is 5.91 Å². The first-order valence-electron chi connectivity index (χ1n) is 6.26. The Morgan fingerprint density at radius 2 is 2.11 bits per heavy atom. The molecule has 0 spiro atoms. The van der Waals surface area contributed by atoms with Gasteiger partial charge in [-0.25, -0.2) is 0 Å². The number of nitrogens with zero attached hydrogens (tertiary/aromatic N) is 1. The Kier molecular flexibility index (Phi) is 4.52. The molecule has 98 valence electrons. The molecule has 1 aromatic carbocycles. The Labute approximate surface area is 118 Å². The molecule has 1 amide bonds. The largest absolute Gasteiger partial charge is 0.334 e. The van der Waals surface area contributed by atoms with Crippen LogP contribution in [0.4, 0.5) is 0 Å². The Morgan fingerprint density at radius 3 is 2.61 bits per heavy atom. The summed E-state index contributed by atoms with van der Waals surface area (Å²) in [5, 5.41) is 0.609. The minimum Gasteiger partial charge on any atom is -0.334 e. The Hall–Kier alpha value is -0.730. The van der Waals surface area contributed by atoms with Gasteiger partial charge < -0.3 is 4.90 Å². The fourth-order valence-corrected chi connectivity index (χ4v) is 2.74. The van der Waals surface area contributed by atoms with Crippen LogP contribution in [0.1, 0.15) is 35.2 Å². The summed E-state index contributed by atoms with van der Waals surface area (Å²) < 4.78 is 0. The lowest BCUT2D eigenvalue weighted by molar-refractivity contribution is 0.0598. The van der Waals surface area contributed by atoms with Gasteiger partial charge in [0.1, 0.15) is 0 Å². The van der Waals surface area contributed by atoms with E-state index in [1.807, 2.05) is 24.0 Å². The number of hydrogen-bond acceptors (Lipinski definition) is 1. The lowest BCUT2D eigenvalue weighted by Crippen LogP contribution is -2.45. The van der Waals surface area contributed by atoms with Gasteiger partial charge >= 0.3 is 0 Å². The van der Waals surface area contributed by atoms with Crippen molar-refractivity contribution in [3.05, 3.63) is 34.3 Å². The van der Waals surface area contributed by atoms with E-state index in [-0.39, 0.29) is 5.91 Å². The molecule has 2 nitrogen and oxygen atoms in total. The molecule has 0 atom stereocenters. The lowest BCUT2D eigenvalue weighted by Gasteiger charge is -2.37. The van der Waals surface area contributed by atoms with Crippen molar-refractivity contribution < 1.29 is 4.79 Å². The number of alkyl halides is 1. The van der Waals surface area contributed by atoms with Crippen molar-refractivity contribution >= 4 is 29.1 Å². The molecule has 1 aliphatic rings. The second-order valence-corrected chi connectivity index (χ2v) is 5.60. The van der Waals surface area contributed by atoms with Crippen LogP contribution in [0.2, 0.25) is 5.02 Å². The molecule has 1 saturated carbocycles. The van der Waals surface area contributed by atoms with E-state index < -0.39 is 0 Å². The molecule has 0 radical (unpaired) electrons. The zero-order valence-electron chi connectivity index (χ0n) is 10.5. The maximum Gasteiger partial charge on any atom is 0.254 e. The van der Waals surface area contributed by atoms with E-state index in [4.69, 9.17) is 23.2 Å². The number of aryl methyl sites for hydroxylation is 1. The van der Waals surface area contributed by atoms with Crippen molar-refractivity contribution in [1.82, 2.24) is 4.90 Å². The average Bonchev–Trinajstić information content (AvgIpc) is 2.23. The van der Waals surface area contributed by atoms with E-state index in [2.05, 4.69) is 0 Å². The molecule has 4 heteroatoms. The molecule has 1 aliphatic carbocycles. The Morgan fingerprint density at radius 1 is 1.39 bits per heavy atom. The van der Waals surface area contributed by atoms with Gasteiger partial charge in [-0.1, -0.05) is 11.6 Å². The number of amides is 1. The van der Waals surface area contributed by atoms with Gasteiger partial charge in [0.2, 0.25) is 0 Å². The molecule has 18 heavy (non-hydrogen) atoms. The van der Waals surface area contributed by atoms with Gasteiger partial charge in [-0.2, -0.15) is 0 Å². The number of carbonyl (C=O) groups excluding carboxylic acids is 1. The fourth-order valence-electron chi connectivity index (χ4n) is 2.26. The number of carbonyl (C=O) groups is 1. The fraction of sp³-hybridized carbons (Fsp3) is 0.500. The Balaban J connectivity index is 2.21. The molecule has 0 aromatic heterocycles. The minimum atomic E-state index is 0.0472. The Bertz CT molecular complexity index is 423. The van der Waals surface area contributed by atoms with Crippen LogP contribution in [-0.2, 0) is 0 Å². The SMILES string of the molecule is Cc1cc(Cl)cc(C(=O)N(CCCl)C2CCC2)c1. The van der Waals surface area contributed by atoms with Crippen molar-refractivity contribution in [2.45, 2.75) is 32.2 Å². The lowest BCUT2D eigenvalue weighted by atomic mass is 9.91. The van der Waals surface area contributed by atoms with Crippen LogP contribution >= 0.6 is 23.2 Å². The molecule has 1 aromatic rings. The molecule has 0 saturated heterocycles. The van der Waals surface area contributed by atoms with Crippen LogP contribution < -0.4 is 0 Å². The molecule has 1 fully saturated rings. The first kappa shape index (κ1) is 13.7. The van der Waals surface area contributed by atoms with Crippen LogP contribution in [0.3, 0.4) is 0 Å². The van der Waals surface area contributed by atoms with Crippen molar-refractivity contribution in [1.29, 1.82) is 0 Å². The van der Waals surface area contributed by atoms with Gasteiger partial charge in [-0.15, -0.1) is 11.6 Å². The highest BCUT2D eigenvalue weighted by atomic mass is 35.5. The van der Waals surface area contributed by atoms with Crippen LogP contribution in [0.25, 0.3) is 0 Å². The molecule has 0 aliphatic heterocycles. The van der Waals surface area contributed by atoms with Gasteiger partial charge in [0, 0.05) is 29.1 Å². The highest BCUT2D eigenvalue weighted by molar-refractivity contribution is 6.31. The second-order valence-electron chi connectivity index (χ2n) is 4.79. The van der Waals surface area contributed by atoms with Crippen molar-refractivity contribution in [2.24, 2.45) is 0 Å². The van der Waals surface area contributed by atoms with E-state index in [9.17, 15) is 4.79 Å². The summed E-state index contributed by atoms with van der Waals surface area (Å²) in [5.74, 6) is 0.521. The van der Waals surface area contributed by atoms with E-state index in [1.54, 1.807) is 6.07 Å². The number of rotatable bonds is 4. The zero-order chi connectivity index (χ0) is 13.1. The number of hydrogen-bond donors (Lipinski definition) is 0. The summed E-state index contributed by atoms with van der Waals surface area (Å²) in [6, 6.07) is 5.83. The summed E-state index contributed by atoms with van der Waals surface area (Å²) in [6.07, 6.45) is 3.37. The average molecular weight is 286 g/mol. The van der Waals surface area contributed by atoms with Crippen LogP contribution in [0, 0.1) is 6.92 Å². The van der Waals surface area contributed by atoms with Crippen LogP contribution in [0.15, 0.2) is 18.2 Å². The minimum absolute atomic E-state index is 0.0472. The molecule has 0 heterocycles. The van der Waals surface area contributed by atoms with Crippen LogP contribution in [-0.4, -0.2) is 29.3 Å². The highest BCUT2D eigenvalue weighted by Crippen LogP contribution is 2.27. The quantitative estimate of drug-likeness (QED) is 0.769. The third kappa shape index (κ3) is 2.99. The predicted octanol–water partition coefficient (Wildman–Crippen LogP) is 3.88. The van der Waals surface area contributed by atoms with Crippen molar-refractivity contribution in [3.63, 3.8) is 0 Å². The maximum atomic E-state index is 12.5. The zero-order valence-corrected chi connectivity index (χ0v) is 12.0. The smallest absolute Gasteiger partial charge is 0.254 e. The summed E-state index contributed by atoms with van der Waals surface area (Å²) >= 11 is 11.8. The highest BCUT2D eigenvalue weighted by Gasteiger charge is 2.29.